The Labute approximate surface area is 123 Å². The fourth-order valence-electron chi connectivity index (χ4n) is 6.71. The summed E-state index contributed by atoms with van der Waals surface area (Å²) in [4.78, 5) is 0. The lowest BCUT2D eigenvalue weighted by Gasteiger charge is -2.44. The number of fused-ring (bicyclic) bond motifs is 5. The van der Waals surface area contributed by atoms with Gasteiger partial charge in [0, 0.05) is 5.41 Å². The highest BCUT2D eigenvalue weighted by Gasteiger charge is 2.62. The molecular formula is C20H26. The zero-order chi connectivity index (χ0) is 13.2. The van der Waals surface area contributed by atoms with Crippen LogP contribution in [0.15, 0.2) is 34.9 Å². The minimum Gasteiger partial charge on any atom is -0.0844 e. The van der Waals surface area contributed by atoms with Gasteiger partial charge in [-0.25, -0.2) is 0 Å². The summed E-state index contributed by atoms with van der Waals surface area (Å²) in [5.41, 5.74) is 6.01. The highest BCUT2D eigenvalue weighted by atomic mass is 14.7. The maximum atomic E-state index is 2.69. The van der Waals surface area contributed by atoms with Crippen LogP contribution in [-0.2, 0) is 0 Å². The Hall–Kier alpha value is -0.780. The van der Waals surface area contributed by atoms with Crippen molar-refractivity contribution in [3.63, 3.8) is 0 Å². The normalized spacial score (nSPS) is 45.6. The highest BCUT2D eigenvalue weighted by molar-refractivity contribution is 5.51. The highest BCUT2D eigenvalue weighted by Crippen LogP contribution is 2.71. The summed E-state index contributed by atoms with van der Waals surface area (Å²) in [5, 5.41) is 0. The van der Waals surface area contributed by atoms with E-state index < -0.39 is 0 Å². The molecular weight excluding hydrogens is 240 g/mol. The molecule has 0 aromatic heterocycles. The van der Waals surface area contributed by atoms with Gasteiger partial charge in [-0.1, -0.05) is 23.8 Å². The van der Waals surface area contributed by atoms with Gasteiger partial charge in [-0.2, -0.15) is 0 Å². The van der Waals surface area contributed by atoms with Crippen molar-refractivity contribution in [2.75, 3.05) is 0 Å². The number of allylic oxidation sites excluding steroid dienone is 6. The lowest BCUT2D eigenvalue weighted by Crippen LogP contribution is -2.37. The van der Waals surface area contributed by atoms with Gasteiger partial charge in [-0.05, 0) is 93.1 Å². The van der Waals surface area contributed by atoms with Gasteiger partial charge in [0.1, 0.15) is 0 Å². The van der Waals surface area contributed by atoms with Crippen LogP contribution in [0.1, 0.15) is 64.2 Å². The topological polar surface area (TPSA) is 0 Å². The number of hydrogen-bond donors (Lipinski definition) is 0. The van der Waals surface area contributed by atoms with Gasteiger partial charge in [-0.3, -0.25) is 0 Å². The molecule has 0 N–H and O–H groups in total. The first kappa shape index (κ1) is 11.8. The van der Waals surface area contributed by atoms with Crippen LogP contribution < -0.4 is 0 Å². The average Bonchev–Trinajstić information content (AvgIpc) is 3.23. The van der Waals surface area contributed by atoms with Crippen molar-refractivity contribution in [3.8, 4) is 0 Å². The molecule has 5 aliphatic carbocycles. The van der Waals surface area contributed by atoms with Crippen molar-refractivity contribution in [3.05, 3.63) is 34.9 Å². The lowest BCUT2D eigenvalue weighted by atomic mass is 9.59. The fourth-order valence-corrected chi connectivity index (χ4v) is 6.71. The molecule has 0 heterocycles. The molecule has 0 heteroatoms. The van der Waals surface area contributed by atoms with Crippen LogP contribution in [0.2, 0.25) is 0 Å². The van der Waals surface area contributed by atoms with E-state index in [0.717, 1.165) is 17.8 Å². The third kappa shape index (κ3) is 1.29. The van der Waals surface area contributed by atoms with Gasteiger partial charge in [0.2, 0.25) is 0 Å². The van der Waals surface area contributed by atoms with E-state index in [1.807, 2.05) is 11.1 Å². The van der Waals surface area contributed by atoms with Gasteiger partial charge >= 0.3 is 0 Å². The predicted molar refractivity (Wildman–Crippen MR) is 83.3 cm³/mol. The Morgan fingerprint density at radius 3 is 2.65 bits per heavy atom. The summed E-state index contributed by atoms with van der Waals surface area (Å²) in [6, 6.07) is 0. The van der Waals surface area contributed by atoms with Crippen molar-refractivity contribution in [2.24, 2.45) is 23.2 Å². The molecule has 0 amide bonds. The standard InChI is InChI=1S/C20H26/c1-2-6-14(5-1)18-11-12-19-15-9-10-17(13-15)20(18,19)16-7-3-4-8-16/h5,7,11,15,17,19H,1-4,6,8-10,12-13H2. The molecule has 0 aromatic rings. The molecule has 20 heavy (non-hydrogen) atoms. The molecule has 0 spiro atoms. The van der Waals surface area contributed by atoms with Gasteiger partial charge in [0.25, 0.3) is 0 Å². The minimum atomic E-state index is 0.537. The van der Waals surface area contributed by atoms with Gasteiger partial charge in [-0.15, -0.1) is 0 Å². The lowest BCUT2D eigenvalue weighted by molar-refractivity contribution is 0.180. The van der Waals surface area contributed by atoms with E-state index in [2.05, 4.69) is 18.2 Å². The predicted octanol–water partition coefficient (Wildman–Crippen LogP) is 5.57. The smallest absolute Gasteiger partial charge is 0.0223 e. The average molecular weight is 266 g/mol. The van der Waals surface area contributed by atoms with Crippen LogP contribution in [0.5, 0.6) is 0 Å². The number of hydrogen-bond acceptors (Lipinski definition) is 0. The number of rotatable bonds is 2. The van der Waals surface area contributed by atoms with Gasteiger partial charge in [0.15, 0.2) is 0 Å². The molecule has 2 bridgehead atoms. The molecule has 0 aliphatic heterocycles. The van der Waals surface area contributed by atoms with Crippen LogP contribution in [-0.4, -0.2) is 0 Å². The molecule has 5 rings (SSSR count). The van der Waals surface area contributed by atoms with E-state index in [1.54, 1.807) is 12.0 Å². The van der Waals surface area contributed by atoms with Crippen LogP contribution in [0, 0.1) is 23.2 Å². The van der Waals surface area contributed by atoms with Gasteiger partial charge in [0.05, 0.1) is 0 Å². The second kappa shape index (κ2) is 4.12. The summed E-state index contributed by atoms with van der Waals surface area (Å²) < 4.78 is 0. The zero-order valence-electron chi connectivity index (χ0n) is 12.5. The summed E-state index contributed by atoms with van der Waals surface area (Å²) in [6.07, 6.45) is 22.2. The second-order valence-electron chi connectivity index (χ2n) is 7.84. The molecule has 0 nitrogen and oxygen atoms in total. The molecule has 4 atom stereocenters. The molecule has 2 saturated carbocycles. The Morgan fingerprint density at radius 1 is 0.950 bits per heavy atom. The quantitative estimate of drug-likeness (QED) is 0.573. The summed E-state index contributed by atoms with van der Waals surface area (Å²) in [7, 11) is 0. The molecule has 5 aliphatic rings. The Balaban J connectivity index is 1.65. The van der Waals surface area contributed by atoms with Crippen molar-refractivity contribution in [2.45, 2.75) is 64.2 Å². The summed E-state index contributed by atoms with van der Waals surface area (Å²) >= 11 is 0. The maximum Gasteiger partial charge on any atom is 0.0223 e. The van der Waals surface area contributed by atoms with Crippen molar-refractivity contribution in [1.29, 1.82) is 0 Å². The van der Waals surface area contributed by atoms with Crippen LogP contribution in [0.4, 0.5) is 0 Å². The van der Waals surface area contributed by atoms with E-state index in [0.29, 0.717) is 5.41 Å². The van der Waals surface area contributed by atoms with Crippen molar-refractivity contribution < 1.29 is 0 Å². The monoisotopic (exact) mass is 266 g/mol. The van der Waals surface area contributed by atoms with E-state index >= 15 is 0 Å². The Bertz CT molecular complexity index is 532. The van der Waals surface area contributed by atoms with Crippen molar-refractivity contribution >= 4 is 0 Å². The zero-order valence-corrected chi connectivity index (χ0v) is 12.5. The molecule has 106 valence electrons. The largest absolute Gasteiger partial charge is 0.0844 e. The first-order valence-corrected chi connectivity index (χ1v) is 9.00. The summed E-state index contributed by atoms with van der Waals surface area (Å²) in [5.74, 6) is 3.04. The van der Waals surface area contributed by atoms with E-state index in [-0.39, 0.29) is 0 Å². The van der Waals surface area contributed by atoms with E-state index in [1.165, 1.54) is 57.8 Å². The molecule has 0 radical (unpaired) electrons. The molecule has 0 aromatic carbocycles. The van der Waals surface area contributed by atoms with Crippen LogP contribution in [0.25, 0.3) is 0 Å². The molecule has 2 fully saturated rings. The molecule has 4 unspecified atom stereocenters. The van der Waals surface area contributed by atoms with Crippen molar-refractivity contribution in [1.82, 2.24) is 0 Å². The Kier molecular flexibility index (Phi) is 2.44. The third-order valence-corrected chi connectivity index (χ3v) is 7.25. The second-order valence-corrected chi connectivity index (χ2v) is 7.84. The maximum absolute atomic E-state index is 2.69. The molecule has 0 saturated heterocycles. The van der Waals surface area contributed by atoms with E-state index in [9.17, 15) is 0 Å². The first-order chi connectivity index (χ1) is 9.90. The summed E-state index contributed by atoms with van der Waals surface area (Å²) in [6.45, 7) is 0. The van der Waals surface area contributed by atoms with Gasteiger partial charge < -0.3 is 0 Å². The first-order valence-electron chi connectivity index (χ1n) is 9.00. The van der Waals surface area contributed by atoms with Crippen LogP contribution >= 0.6 is 0 Å². The fraction of sp³-hybridized carbons (Fsp3) is 0.700. The van der Waals surface area contributed by atoms with Crippen LogP contribution in [0.3, 0.4) is 0 Å². The third-order valence-electron chi connectivity index (χ3n) is 7.25. The Morgan fingerprint density at radius 2 is 1.85 bits per heavy atom. The minimum absolute atomic E-state index is 0.537. The van der Waals surface area contributed by atoms with E-state index in [4.69, 9.17) is 0 Å². The SMILES string of the molecule is C1=C(C2=CCC3C4CCC(C4)C23C2=CCCC2)CCC1.